The van der Waals surface area contributed by atoms with Crippen LogP contribution in [-0.4, -0.2) is 11.6 Å². The minimum Gasteiger partial charge on any atom is -0.289 e. The van der Waals surface area contributed by atoms with E-state index < -0.39 is 5.82 Å². The summed E-state index contributed by atoms with van der Waals surface area (Å²) in [5.74, 6) is -1.22. The lowest BCUT2D eigenvalue weighted by molar-refractivity contribution is 0.0975. The van der Waals surface area contributed by atoms with Crippen LogP contribution >= 0.6 is 38.5 Å². The predicted molar refractivity (Wildman–Crippen MR) is 219 cm³/mol. The maximum atomic E-state index is 15.3. The van der Waals surface area contributed by atoms with Crippen LogP contribution < -0.4 is 0 Å². The third-order valence-electron chi connectivity index (χ3n) is 10.6. The number of carbonyl (C=O) groups excluding carboxylic acids is 2. The molecule has 0 unspecified atom stereocenters. The summed E-state index contributed by atoms with van der Waals surface area (Å²) in [7, 11) is 0. The van der Waals surface area contributed by atoms with Crippen LogP contribution in [-0.2, 0) is 12.8 Å². The van der Waals surface area contributed by atoms with Crippen molar-refractivity contribution in [3.63, 3.8) is 0 Å². The standard InChI is InChI=1S/C44H65BrFIO2/c1-3-5-7-9-11-13-15-17-19-21-23-25-27-29-34-31-36-37(44(49)40-38(43(36)48)33-39(47)41(45)42(40)46)32-35(34)30-28-26-24-22-20-18-16-14-12-10-8-6-4-2/h31-33H,3-30H2,1-2H3. The van der Waals surface area contributed by atoms with Gasteiger partial charge in [-0.2, -0.15) is 0 Å². The van der Waals surface area contributed by atoms with E-state index in [0.717, 1.165) is 25.7 Å². The summed E-state index contributed by atoms with van der Waals surface area (Å²) in [6.45, 7) is 4.55. The molecule has 0 radical (unpaired) electrons. The summed E-state index contributed by atoms with van der Waals surface area (Å²) in [6, 6.07) is 5.59. The molecule has 0 bridgehead atoms. The van der Waals surface area contributed by atoms with E-state index in [2.05, 4.69) is 29.8 Å². The summed E-state index contributed by atoms with van der Waals surface area (Å²) in [5.41, 5.74) is 3.32. The fourth-order valence-corrected chi connectivity index (χ4v) is 8.33. The Morgan fingerprint density at radius 2 is 0.816 bits per heavy atom. The zero-order valence-electron chi connectivity index (χ0n) is 31.0. The number of unbranched alkanes of at least 4 members (excludes halogenated alkanes) is 24. The SMILES string of the molecule is CCCCCCCCCCCCCCCc1cc2c(cc1CCCCCCCCCCCCCCC)C(=O)c1c(cc(I)c(Br)c1F)C2=O. The highest BCUT2D eigenvalue weighted by Gasteiger charge is 2.34. The van der Waals surface area contributed by atoms with Crippen molar-refractivity contribution in [2.45, 2.75) is 194 Å². The molecule has 49 heavy (non-hydrogen) atoms. The Labute approximate surface area is 321 Å². The number of hydrogen-bond donors (Lipinski definition) is 0. The van der Waals surface area contributed by atoms with Gasteiger partial charge in [-0.1, -0.05) is 168 Å². The Balaban J connectivity index is 1.51. The second kappa shape index (κ2) is 25.0. The Bertz CT molecular complexity index is 1290. The van der Waals surface area contributed by atoms with Gasteiger partial charge in [0.05, 0.1) is 10.0 Å². The van der Waals surface area contributed by atoms with E-state index in [0.29, 0.717) is 14.7 Å². The molecule has 1 aliphatic carbocycles. The topological polar surface area (TPSA) is 34.1 Å². The number of ketones is 2. The van der Waals surface area contributed by atoms with Crippen molar-refractivity contribution in [1.29, 1.82) is 0 Å². The normalized spacial score (nSPS) is 12.5. The number of aryl methyl sites for hydroxylation is 2. The van der Waals surface area contributed by atoms with Gasteiger partial charge in [0.1, 0.15) is 5.82 Å². The molecule has 2 nitrogen and oxygen atoms in total. The van der Waals surface area contributed by atoms with Crippen LogP contribution in [0.15, 0.2) is 22.7 Å². The Hall–Kier alpha value is -1.08. The van der Waals surface area contributed by atoms with E-state index in [4.69, 9.17) is 0 Å². The molecule has 0 saturated heterocycles. The van der Waals surface area contributed by atoms with Gasteiger partial charge >= 0.3 is 0 Å². The highest BCUT2D eigenvalue weighted by molar-refractivity contribution is 14.1. The van der Waals surface area contributed by atoms with Crippen LogP contribution in [0.4, 0.5) is 4.39 Å². The average Bonchev–Trinajstić information content (AvgIpc) is 3.10. The Kier molecular flexibility index (Phi) is 21.6. The van der Waals surface area contributed by atoms with E-state index >= 15 is 4.39 Å². The Morgan fingerprint density at radius 1 is 0.490 bits per heavy atom. The van der Waals surface area contributed by atoms with Gasteiger partial charge in [-0.05, 0) is 93.5 Å². The third-order valence-corrected chi connectivity index (χ3v) is 12.9. The van der Waals surface area contributed by atoms with Gasteiger partial charge in [-0.25, -0.2) is 4.39 Å². The lowest BCUT2D eigenvalue weighted by Gasteiger charge is -2.22. The molecular weight excluding hydrogens is 786 g/mol. The summed E-state index contributed by atoms with van der Waals surface area (Å²) < 4.78 is 16.2. The lowest BCUT2D eigenvalue weighted by Crippen LogP contribution is -2.24. The van der Waals surface area contributed by atoms with Crippen LogP contribution in [0.1, 0.15) is 224 Å². The second-order valence-electron chi connectivity index (χ2n) is 14.7. The predicted octanol–water partition coefficient (Wildman–Crippen LogP) is 15.2. The van der Waals surface area contributed by atoms with Crippen molar-refractivity contribution in [1.82, 2.24) is 0 Å². The number of hydrogen-bond acceptors (Lipinski definition) is 2. The van der Waals surface area contributed by atoms with Gasteiger partial charge in [-0.15, -0.1) is 0 Å². The molecule has 5 heteroatoms. The molecule has 0 aromatic heterocycles. The van der Waals surface area contributed by atoms with Crippen molar-refractivity contribution in [3.05, 3.63) is 65.4 Å². The van der Waals surface area contributed by atoms with Crippen molar-refractivity contribution < 1.29 is 14.0 Å². The summed E-state index contributed by atoms with van der Waals surface area (Å²) >= 11 is 5.30. The molecule has 0 fully saturated rings. The number of benzene rings is 2. The largest absolute Gasteiger partial charge is 0.289 e. The monoisotopic (exact) mass is 850 g/mol. The first-order valence-corrected chi connectivity index (χ1v) is 22.2. The molecule has 0 N–H and O–H groups in total. The zero-order chi connectivity index (χ0) is 35.3. The van der Waals surface area contributed by atoms with Crippen LogP contribution in [0.25, 0.3) is 0 Å². The molecule has 0 saturated carbocycles. The van der Waals surface area contributed by atoms with Crippen LogP contribution in [0.3, 0.4) is 0 Å². The maximum absolute atomic E-state index is 15.3. The van der Waals surface area contributed by atoms with Crippen LogP contribution in [0, 0.1) is 9.39 Å². The summed E-state index contributed by atoms with van der Waals surface area (Å²) in [5, 5.41) is 0. The molecule has 2 aromatic carbocycles. The van der Waals surface area contributed by atoms with Gasteiger partial charge in [0.15, 0.2) is 11.6 Å². The van der Waals surface area contributed by atoms with E-state index in [1.54, 1.807) is 6.07 Å². The maximum Gasteiger partial charge on any atom is 0.197 e. The van der Waals surface area contributed by atoms with Crippen molar-refractivity contribution in [2.24, 2.45) is 0 Å². The number of halogens is 3. The third kappa shape index (κ3) is 14.5. The highest BCUT2D eigenvalue weighted by atomic mass is 127. The molecule has 0 aliphatic heterocycles. The minimum absolute atomic E-state index is 0.0825. The average molecular weight is 852 g/mol. The molecule has 0 atom stereocenters. The molecule has 3 rings (SSSR count). The number of rotatable bonds is 28. The summed E-state index contributed by atoms with van der Waals surface area (Å²) in [4.78, 5) is 27.3. The fraction of sp³-hybridized carbons (Fsp3) is 0.682. The van der Waals surface area contributed by atoms with E-state index in [1.165, 1.54) is 165 Å². The zero-order valence-corrected chi connectivity index (χ0v) is 34.7. The summed E-state index contributed by atoms with van der Waals surface area (Å²) in [6.07, 6.45) is 36.2. The molecule has 1 aliphatic rings. The first kappa shape index (κ1) is 42.3. The van der Waals surface area contributed by atoms with Gasteiger partial charge in [-0.3, -0.25) is 9.59 Å². The molecule has 0 amide bonds. The second-order valence-corrected chi connectivity index (χ2v) is 16.7. The van der Waals surface area contributed by atoms with E-state index in [1.807, 2.05) is 34.7 Å². The van der Waals surface area contributed by atoms with Gasteiger partial charge < -0.3 is 0 Å². The molecular formula is C44H65BrFIO2. The minimum atomic E-state index is -0.625. The lowest BCUT2D eigenvalue weighted by atomic mass is 9.80. The molecule has 2 aromatic rings. The van der Waals surface area contributed by atoms with Gasteiger partial charge in [0.25, 0.3) is 0 Å². The number of carbonyl (C=O) groups is 2. The number of fused-ring (bicyclic) bond motifs is 2. The van der Waals surface area contributed by atoms with Crippen LogP contribution in [0.5, 0.6) is 0 Å². The van der Waals surface area contributed by atoms with E-state index in [-0.39, 0.29) is 27.2 Å². The quantitative estimate of drug-likeness (QED) is 0.0414. The van der Waals surface area contributed by atoms with Gasteiger partial charge in [0.2, 0.25) is 0 Å². The fourth-order valence-electron chi connectivity index (χ4n) is 7.47. The van der Waals surface area contributed by atoms with E-state index in [9.17, 15) is 9.59 Å². The smallest absolute Gasteiger partial charge is 0.197 e. The van der Waals surface area contributed by atoms with Crippen molar-refractivity contribution in [2.75, 3.05) is 0 Å². The molecule has 0 heterocycles. The van der Waals surface area contributed by atoms with Crippen molar-refractivity contribution >= 4 is 50.1 Å². The van der Waals surface area contributed by atoms with Crippen LogP contribution in [0.2, 0.25) is 0 Å². The highest BCUT2D eigenvalue weighted by Crippen LogP contribution is 2.36. The first-order valence-electron chi connectivity index (χ1n) is 20.3. The Morgan fingerprint density at radius 3 is 1.18 bits per heavy atom. The molecule has 0 spiro atoms. The van der Waals surface area contributed by atoms with Crippen molar-refractivity contribution in [3.8, 4) is 0 Å². The van der Waals surface area contributed by atoms with Gasteiger partial charge in [0, 0.05) is 20.3 Å². The molecule has 274 valence electrons. The first-order chi connectivity index (χ1) is 23.9.